The number of aryl methyl sites for hydroxylation is 1. The second-order valence-electron chi connectivity index (χ2n) is 7.02. The van der Waals surface area contributed by atoms with Gasteiger partial charge in [-0.25, -0.2) is 0 Å². The van der Waals surface area contributed by atoms with E-state index in [4.69, 9.17) is 0 Å². The van der Waals surface area contributed by atoms with Crippen LogP contribution in [0.15, 0.2) is 97.3 Å². The van der Waals surface area contributed by atoms with E-state index < -0.39 is 0 Å². The van der Waals surface area contributed by atoms with E-state index in [1.54, 1.807) is 0 Å². The van der Waals surface area contributed by atoms with Crippen LogP contribution in [0, 0.1) is 6.92 Å². The van der Waals surface area contributed by atoms with E-state index in [9.17, 15) is 0 Å². The molecule has 1 nitrogen and oxygen atoms in total. The molecule has 0 radical (unpaired) electrons. The lowest BCUT2D eigenvalue weighted by atomic mass is 9.91. The van der Waals surface area contributed by atoms with E-state index in [0.29, 0.717) is 0 Å². The highest BCUT2D eigenvalue weighted by Crippen LogP contribution is 2.37. The van der Waals surface area contributed by atoms with Crippen LogP contribution in [0.4, 0.5) is 0 Å². The van der Waals surface area contributed by atoms with Crippen molar-refractivity contribution in [1.82, 2.24) is 4.98 Å². The minimum absolute atomic E-state index is 1.16. The zero-order valence-electron chi connectivity index (χ0n) is 15.2. The molecule has 1 aromatic heterocycles. The van der Waals surface area contributed by atoms with Crippen LogP contribution in [0.25, 0.3) is 43.8 Å². The Balaban J connectivity index is 1.73. The molecule has 0 N–H and O–H groups in total. The van der Waals surface area contributed by atoms with Gasteiger partial charge < -0.3 is 0 Å². The fraction of sp³-hybridized carbons (Fsp3) is 0.0385. The molecule has 0 amide bonds. The van der Waals surface area contributed by atoms with Crippen molar-refractivity contribution in [3.63, 3.8) is 0 Å². The summed E-state index contributed by atoms with van der Waals surface area (Å²) in [6.45, 7) is 2.08. The molecular formula is C26H19N. The van der Waals surface area contributed by atoms with E-state index in [2.05, 4.69) is 96.8 Å². The molecule has 0 atom stereocenters. The maximum absolute atomic E-state index is 4.32. The normalized spacial score (nSPS) is 11.1. The Hall–Kier alpha value is -3.45. The molecule has 128 valence electrons. The number of benzene rings is 4. The van der Waals surface area contributed by atoms with Crippen molar-refractivity contribution in [3.8, 4) is 22.3 Å². The first-order valence-electron chi connectivity index (χ1n) is 9.22. The number of aromatic nitrogens is 1. The number of hydrogen-bond acceptors (Lipinski definition) is 1. The molecule has 0 saturated heterocycles. The highest BCUT2D eigenvalue weighted by molar-refractivity contribution is 6.12. The zero-order chi connectivity index (χ0) is 18.2. The van der Waals surface area contributed by atoms with Crippen LogP contribution in [-0.4, -0.2) is 4.98 Å². The molecule has 0 spiro atoms. The lowest BCUT2D eigenvalue weighted by Crippen LogP contribution is -1.87. The zero-order valence-corrected chi connectivity index (χ0v) is 15.2. The van der Waals surface area contributed by atoms with Gasteiger partial charge in [-0.1, -0.05) is 72.8 Å². The predicted octanol–water partition coefficient (Wildman–Crippen LogP) is 7.03. The third kappa shape index (κ3) is 2.78. The van der Waals surface area contributed by atoms with Crippen molar-refractivity contribution in [1.29, 1.82) is 0 Å². The molecule has 4 aromatic carbocycles. The van der Waals surface area contributed by atoms with Gasteiger partial charge in [-0.15, -0.1) is 0 Å². The van der Waals surface area contributed by atoms with Crippen LogP contribution in [0.2, 0.25) is 0 Å². The molecule has 0 fully saturated rings. The first kappa shape index (κ1) is 15.8. The maximum atomic E-state index is 4.32. The molecule has 0 aliphatic carbocycles. The Labute approximate surface area is 158 Å². The van der Waals surface area contributed by atoms with Crippen LogP contribution in [0.3, 0.4) is 0 Å². The van der Waals surface area contributed by atoms with Crippen LogP contribution < -0.4 is 0 Å². The Morgan fingerprint density at radius 2 is 1.15 bits per heavy atom. The van der Waals surface area contributed by atoms with E-state index in [-0.39, 0.29) is 0 Å². The topological polar surface area (TPSA) is 12.9 Å². The van der Waals surface area contributed by atoms with Gasteiger partial charge in [-0.05, 0) is 62.9 Å². The highest BCUT2D eigenvalue weighted by atomic mass is 14.6. The number of nitrogens with zero attached hydrogens (tertiary/aromatic N) is 1. The smallest absolute Gasteiger partial charge is 0.0346 e. The van der Waals surface area contributed by atoms with Crippen LogP contribution in [0.5, 0.6) is 0 Å². The molecule has 1 heterocycles. The molecular weight excluding hydrogens is 326 g/mol. The highest BCUT2D eigenvalue weighted by Gasteiger charge is 2.10. The molecule has 0 aliphatic rings. The average molecular weight is 345 g/mol. The molecule has 0 saturated carbocycles. The average Bonchev–Trinajstić information content (AvgIpc) is 2.72. The summed E-state index contributed by atoms with van der Waals surface area (Å²) in [5.74, 6) is 0. The molecule has 0 bridgehead atoms. The number of hydrogen-bond donors (Lipinski definition) is 0. The van der Waals surface area contributed by atoms with Gasteiger partial charge in [0, 0.05) is 18.0 Å². The minimum atomic E-state index is 1.16. The first-order valence-corrected chi connectivity index (χ1v) is 9.22. The second-order valence-corrected chi connectivity index (χ2v) is 7.02. The molecule has 5 rings (SSSR count). The quantitative estimate of drug-likeness (QED) is 0.313. The van der Waals surface area contributed by atoms with Gasteiger partial charge in [0.2, 0.25) is 0 Å². The van der Waals surface area contributed by atoms with E-state index >= 15 is 0 Å². The Kier molecular flexibility index (Phi) is 3.72. The van der Waals surface area contributed by atoms with Gasteiger partial charge in [-0.3, -0.25) is 4.98 Å². The summed E-state index contributed by atoms with van der Waals surface area (Å²) in [4.78, 5) is 4.32. The minimum Gasteiger partial charge on any atom is -0.264 e. The lowest BCUT2D eigenvalue weighted by Gasteiger charge is -2.13. The first-order chi connectivity index (χ1) is 13.3. The Bertz CT molecular complexity index is 1210. The Morgan fingerprint density at radius 1 is 0.556 bits per heavy atom. The lowest BCUT2D eigenvalue weighted by molar-refractivity contribution is 1.27. The van der Waals surface area contributed by atoms with Gasteiger partial charge in [0.05, 0.1) is 0 Å². The van der Waals surface area contributed by atoms with Gasteiger partial charge in [0.1, 0.15) is 0 Å². The second kappa shape index (κ2) is 6.37. The third-order valence-electron chi connectivity index (χ3n) is 5.15. The summed E-state index contributed by atoms with van der Waals surface area (Å²) in [7, 11) is 0. The van der Waals surface area contributed by atoms with E-state index in [1.807, 2.05) is 12.4 Å². The van der Waals surface area contributed by atoms with Crippen molar-refractivity contribution >= 4 is 21.5 Å². The summed E-state index contributed by atoms with van der Waals surface area (Å²) in [5, 5.41) is 5.14. The van der Waals surface area contributed by atoms with Crippen molar-refractivity contribution in [3.05, 3.63) is 103 Å². The van der Waals surface area contributed by atoms with Crippen molar-refractivity contribution in [2.75, 3.05) is 0 Å². The number of pyridine rings is 1. The van der Waals surface area contributed by atoms with E-state index in [0.717, 1.165) is 5.56 Å². The standard InChI is InChI=1S/C26H19N/c1-18-14-23(17-27-16-18)19-10-12-20(13-11-19)26-24-8-4-2-6-21(24)15-22-7-3-5-9-25(22)26/h2-17H,1H3. The molecule has 0 aliphatic heterocycles. The van der Waals surface area contributed by atoms with Crippen LogP contribution in [0.1, 0.15) is 5.56 Å². The summed E-state index contributed by atoms with van der Waals surface area (Å²) in [6, 6.07) is 30.6. The number of fused-ring (bicyclic) bond motifs is 2. The maximum Gasteiger partial charge on any atom is 0.0346 e. The van der Waals surface area contributed by atoms with Gasteiger partial charge in [0.15, 0.2) is 0 Å². The Morgan fingerprint density at radius 3 is 1.78 bits per heavy atom. The van der Waals surface area contributed by atoms with Gasteiger partial charge >= 0.3 is 0 Å². The predicted molar refractivity (Wildman–Crippen MR) is 115 cm³/mol. The van der Waals surface area contributed by atoms with Crippen LogP contribution in [-0.2, 0) is 0 Å². The van der Waals surface area contributed by atoms with Crippen molar-refractivity contribution in [2.45, 2.75) is 6.92 Å². The third-order valence-corrected chi connectivity index (χ3v) is 5.15. The molecule has 1 heteroatoms. The van der Waals surface area contributed by atoms with Gasteiger partial charge in [0.25, 0.3) is 0 Å². The molecule has 0 unspecified atom stereocenters. The van der Waals surface area contributed by atoms with Crippen molar-refractivity contribution < 1.29 is 0 Å². The monoisotopic (exact) mass is 345 g/mol. The summed E-state index contributed by atoms with van der Waals surface area (Å²) in [6.07, 6.45) is 3.81. The summed E-state index contributed by atoms with van der Waals surface area (Å²) >= 11 is 0. The SMILES string of the molecule is Cc1cncc(-c2ccc(-c3c4ccccc4cc4ccccc34)cc2)c1. The van der Waals surface area contributed by atoms with Crippen LogP contribution >= 0.6 is 0 Å². The van der Waals surface area contributed by atoms with Gasteiger partial charge in [-0.2, -0.15) is 0 Å². The van der Waals surface area contributed by atoms with E-state index in [1.165, 1.54) is 43.8 Å². The molecule has 5 aromatic rings. The largest absolute Gasteiger partial charge is 0.264 e. The molecule has 27 heavy (non-hydrogen) atoms. The number of rotatable bonds is 2. The fourth-order valence-electron chi connectivity index (χ4n) is 3.87. The fourth-order valence-corrected chi connectivity index (χ4v) is 3.87. The van der Waals surface area contributed by atoms with Crippen molar-refractivity contribution in [2.24, 2.45) is 0 Å². The summed E-state index contributed by atoms with van der Waals surface area (Å²) in [5.41, 5.74) is 6.07. The summed E-state index contributed by atoms with van der Waals surface area (Å²) < 4.78 is 0.